The van der Waals surface area contributed by atoms with Crippen LogP contribution in [0.1, 0.15) is 30.6 Å². The molecule has 0 saturated carbocycles. The van der Waals surface area contributed by atoms with Gasteiger partial charge in [-0.1, -0.05) is 61.6 Å². The van der Waals surface area contributed by atoms with Crippen molar-refractivity contribution in [1.82, 2.24) is 14.0 Å². The van der Waals surface area contributed by atoms with E-state index < -0.39 is 17.4 Å². The summed E-state index contributed by atoms with van der Waals surface area (Å²) in [5, 5.41) is 12.3. The van der Waals surface area contributed by atoms with E-state index in [0.29, 0.717) is 30.1 Å². The monoisotopic (exact) mass is 493 g/mol. The first-order valence-corrected chi connectivity index (χ1v) is 12.5. The Labute approximate surface area is 205 Å². The minimum absolute atomic E-state index is 0.144. The SMILES string of the molecule is CC(C)Cn1c(=O)n(C)c(=O)c2c(C(=O)N3CC[C@@H](O)C3)c(Oc3cccc4ccccc34)sc21. The maximum Gasteiger partial charge on any atom is 0.331 e. The number of hydrogen-bond donors (Lipinski definition) is 1. The third-order valence-corrected chi connectivity index (χ3v) is 7.39. The molecule has 5 rings (SSSR count). The molecule has 1 saturated heterocycles. The molecule has 1 amide bonds. The van der Waals surface area contributed by atoms with Gasteiger partial charge in [-0.05, 0) is 23.8 Å². The number of ether oxygens (including phenoxy) is 1. The first-order chi connectivity index (χ1) is 16.8. The normalized spacial score (nSPS) is 16.0. The second-order valence-electron chi connectivity index (χ2n) is 9.37. The maximum atomic E-state index is 13.7. The van der Waals surface area contributed by atoms with Crippen LogP contribution in [0.3, 0.4) is 0 Å². The summed E-state index contributed by atoms with van der Waals surface area (Å²) in [7, 11) is 1.43. The van der Waals surface area contributed by atoms with E-state index in [9.17, 15) is 19.5 Å². The van der Waals surface area contributed by atoms with Crippen molar-refractivity contribution in [2.24, 2.45) is 13.0 Å². The fourth-order valence-electron chi connectivity index (χ4n) is 4.57. The van der Waals surface area contributed by atoms with Crippen molar-refractivity contribution >= 4 is 38.2 Å². The van der Waals surface area contributed by atoms with Gasteiger partial charge in [0.25, 0.3) is 11.5 Å². The van der Waals surface area contributed by atoms with E-state index in [1.54, 1.807) is 9.47 Å². The van der Waals surface area contributed by atoms with E-state index in [2.05, 4.69) is 0 Å². The predicted molar refractivity (Wildman–Crippen MR) is 137 cm³/mol. The zero-order valence-electron chi connectivity index (χ0n) is 19.9. The van der Waals surface area contributed by atoms with Crippen molar-refractivity contribution in [3.63, 3.8) is 0 Å². The van der Waals surface area contributed by atoms with Crippen molar-refractivity contribution in [3.05, 3.63) is 68.9 Å². The molecule has 0 unspecified atom stereocenters. The topological polar surface area (TPSA) is 93.8 Å². The average Bonchev–Trinajstić information content (AvgIpc) is 3.44. The van der Waals surface area contributed by atoms with Gasteiger partial charge < -0.3 is 14.7 Å². The number of amides is 1. The Morgan fingerprint density at radius 2 is 1.91 bits per heavy atom. The van der Waals surface area contributed by atoms with Crippen molar-refractivity contribution in [1.29, 1.82) is 0 Å². The molecule has 9 heteroatoms. The van der Waals surface area contributed by atoms with Gasteiger partial charge >= 0.3 is 5.69 Å². The third-order valence-electron chi connectivity index (χ3n) is 6.30. The summed E-state index contributed by atoms with van der Waals surface area (Å²) >= 11 is 1.14. The number of thiophene rings is 1. The molecule has 0 radical (unpaired) electrons. The van der Waals surface area contributed by atoms with Crippen LogP contribution in [0.4, 0.5) is 0 Å². The van der Waals surface area contributed by atoms with Crippen LogP contribution in [-0.4, -0.2) is 44.2 Å². The van der Waals surface area contributed by atoms with Crippen LogP contribution in [0.5, 0.6) is 10.8 Å². The Bertz CT molecular complexity index is 1560. The minimum atomic E-state index is -0.603. The number of fused-ring (bicyclic) bond motifs is 2. The third kappa shape index (κ3) is 4.04. The van der Waals surface area contributed by atoms with Crippen LogP contribution in [0.2, 0.25) is 0 Å². The number of aliphatic hydroxyl groups is 1. The molecule has 2 aromatic carbocycles. The molecule has 35 heavy (non-hydrogen) atoms. The quantitative estimate of drug-likeness (QED) is 0.459. The average molecular weight is 494 g/mol. The van der Waals surface area contributed by atoms with E-state index in [1.807, 2.05) is 56.3 Å². The van der Waals surface area contributed by atoms with Gasteiger partial charge in [0.05, 0.1) is 11.5 Å². The molecule has 2 aromatic heterocycles. The highest BCUT2D eigenvalue weighted by Crippen LogP contribution is 2.41. The molecule has 3 heterocycles. The lowest BCUT2D eigenvalue weighted by Gasteiger charge is -2.17. The highest BCUT2D eigenvalue weighted by atomic mass is 32.1. The number of rotatable bonds is 5. The molecular formula is C26H27N3O5S. The summed E-state index contributed by atoms with van der Waals surface area (Å²) < 4.78 is 8.96. The fourth-order valence-corrected chi connectivity index (χ4v) is 5.72. The van der Waals surface area contributed by atoms with Gasteiger partial charge in [-0.25, -0.2) is 4.79 Å². The number of β-amino-alcohol motifs (C(OH)–C–C–N with tert-alkyl or cyclic N) is 1. The van der Waals surface area contributed by atoms with Crippen molar-refractivity contribution in [2.75, 3.05) is 13.1 Å². The molecule has 182 valence electrons. The van der Waals surface area contributed by atoms with Gasteiger partial charge in [-0.3, -0.25) is 18.7 Å². The summed E-state index contributed by atoms with van der Waals surface area (Å²) in [6.07, 6.45) is -0.128. The molecule has 0 bridgehead atoms. The standard InChI is InChI=1S/C26H27N3O5S/c1-15(2)13-29-24-20(22(31)27(3)26(29)33)21(23(32)28-12-11-17(30)14-28)25(35-24)34-19-10-6-8-16-7-4-5-9-18(16)19/h4-10,15,17,30H,11-14H2,1-3H3/t17-/m1/s1. The van der Waals surface area contributed by atoms with Gasteiger partial charge in [-0.2, -0.15) is 0 Å². The molecule has 1 fully saturated rings. The van der Waals surface area contributed by atoms with Crippen LogP contribution in [0, 0.1) is 5.92 Å². The number of carbonyl (C=O) groups is 1. The van der Waals surface area contributed by atoms with E-state index in [-0.39, 0.29) is 34.4 Å². The van der Waals surface area contributed by atoms with Gasteiger partial charge in [0.1, 0.15) is 16.1 Å². The molecular weight excluding hydrogens is 466 g/mol. The van der Waals surface area contributed by atoms with Crippen LogP contribution in [-0.2, 0) is 13.6 Å². The van der Waals surface area contributed by atoms with Gasteiger partial charge in [0, 0.05) is 32.1 Å². The molecule has 4 aromatic rings. The Kier molecular flexibility index (Phi) is 5.98. The molecule has 1 atom stereocenters. The summed E-state index contributed by atoms with van der Waals surface area (Å²) in [6.45, 7) is 4.95. The Balaban J connectivity index is 1.77. The Morgan fingerprint density at radius 1 is 1.17 bits per heavy atom. The lowest BCUT2D eigenvalue weighted by Crippen LogP contribution is -2.39. The summed E-state index contributed by atoms with van der Waals surface area (Å²) in [5.74, 6) is 0.320. The Hall–Kier alpha value is -3.43. The fraction of sp³-hybridized carbons (Fsp3) is 0.346. The van der Waals surface area contributed by atoms with Crippen molar-refractivity contribution < 1.29 is 14.6 Å². The van der Waals surface area contributed by atoms with Crippen LogP contribution in [0.15, 0.2) is 52.1 Å². The second kappa shape index (κ2) is 8.98. The zero-order valence-corrected chi connectivity index (χ0v) is 20.7. The number of aliphatic hydroxyl groups excluding tert-OH is 1. The zero-order chi connectivity index (χ0) is 24.9. The number of carbonyl (C=O) groups excluding carboxylic acids is 1. The lowest BCUT2D eigenvalue weighted by molar-refractivity contribution is 0.0765. The smallest absolute Gasteiger partial charge is 0.331 e. The number of hydrogen-bond acceptors (Lipinski definition) is 6. The first-order valence-electron chi connectivity index (χ1n) is 11.7. The lowest BCUT2D eigenvalue weighted by atomic mass is 10.1. The maximum absolute atomic E-state index is 13.7. The molecule has 0 spiro atoms. The van der Waals surface area contributed by atoms with E-state index in [4.69, 9.17) is 4.74 Å². The van der Waals surface area contributed by atoms with E-state index >= 15 is 0 Å². The molecule has 1 aliphatic heterocycles. The summed E-state index contributed by atoms with van der Waals surface area (Å²) in [4.78, 5) is 42.1. The number of benzene rings is 2. The number of aromatic nitrogens is 2. The van der Waals surface area contributed by atoms with Crippen LogP contribution in [0.25, 0.3) is 21.0 Å². The number of nitrogens with zero attached hydrogens (tertiary/aromatic N) is 3. The summed E-state index contributed by atoms with van der Waals surface area (Å²) in [6, 6.07) is 13.4. The van der Waals surface area contributed by atoms with E-state index in [0.717, 1.165) is 26.7 Å². The molecule has 1 aliphatic rings. The summed E-state index contributed by atoms with van der Waals surface area (Å²) in [5.41, 5.74) is -0.813. The van der Waals surface area contributed by atoms with Crippen LogP contribution < -0.4 is 16.0 Å². The predicted octanol–water partition coefficient (Wildman–Crippen LogP) is 3.57. The first kappa shape index (κ1) is 23.3. The van der Waals surface area contributed by atoms with Gasteiger partial charge in [0.2, 0.25) is 0 Å². The largest absolute Gasteiger partial charge is 0.445 e. The van der Waals surface area contributed by atoms with Crippen molar-refractivity contribution in [2.45, 2.75) is 32.9 Å². The second-order valence-corrected chi connectivity index (χ2v) is 10.3. The minimum Gasteiger partial charge on any atom is -0.445 e. The highest BCUT2D eigenvalue weighted by Gasteiger charge is 2.33. The highest BCUT2D eigenvalue weighted by molar-refractivity contribution is 7.21. The van der Waals surface area contributed by atoms with Gasteiger partial charge in [-0.15, -0.1) is 0 Å². The molecule has 8 nitrogen and oxygen atoms in total. The van der Waals surface area contributed by atoms with Gasteiger partial charge in [0.15, 0.2) is 5.06 Å². The molecule has 0 aliphatic carbocycles. The van der Waals surface area contributed by atoms with Crippen LogP contribution >= 0.6 is 11.3 Å². The van der Waals surface area contributed by atoms with E-state index in [1.165, 1.54) is 7.05 Å². The number of likely N-dealkylation sites (tertiary alicyclic amines) is 1. The Morgan fingerprint density at radius 3 is 2.63 bits per heavy atom. The molecule has 1 N–H and O–H groups in total. The van der Waals surface area contributed by atoms with Crippen molar-refractivity contribution in [3.8, 4) is 10.8 Å².